The van der Waals surface area contributed by atoms with E-state index < -0.39 is 54.6 Å². The standard InChI is InChI=1S/C26H44N2O7S/c1-3-4-5-6-7-8-9-10-11-12-13-14-22(30)34-17-20(29)24(31)25-23(28-18(2)36)19(16-27)15-21(35-25)26(32)33/h15-16,19-20,23-25,27,29,31H,3-14,17H2,1-2H3,(H,28,36)(H,32,33)/t19-,20?,23?,24?,25-/m1/s1. The number of carboxylic acids is 1. The molecule has 1 aliphatic heterocycles. The molecule has 0 aromatic heterocycles. The Labute approximate surface area is 220 Å². The lowest BCUT2D eigenvalue weighted by Gasteiger charge is -2.39. The molecule has 3 unspecified atom stereocenters. The Morgan fingerprint density at radius 1 is 1.11 bits per heavy atom. The van der Waals surface area contributed by atoms with Gasteiger partial charge in [0.1, 0.15) is 24.9 Å². The van der Waals surface area contributed by atoms with Gasteiger partial charge in [-0.15, -0.1) is 0 Å². The lowest BCUT2D eigenvalue weighted by atomic mass is 9.88. The molecule has 0 fully saturated rings. The lowest BCUT2D eigenvalue weighted by molar-refractivity contribution is -0.155. The highest BCUT2D eigenvalue weighted by molar-refractivity contribution is 7.80. The molecule has 10 heteroatoms. The molecule has 0 aromatic rings. The Hall–Kier alpha value is -2.04. The van der Waals surface area contributed by atoms with E-state index in [1.54, 1.807) is 6.92 Å². The van der Waals surface area contributed by atoms with Crippen LogP contribution in [0.3, 0.4) is 0 Å². The van der Waals surface area contributed by atoms with E-state index in [2.05, 4.69) is 12.2 Å². The van der Waals surface area contributed by atoms with Crippen molar-refractivity contribution in [3.05, 3.63) is 11.8 Å². The van der Waals surface area contributed by atoms with Crippen molar-refractivity contribution in [3.8, 4) is 0 Å². The van der Waals surface area contributed by atoms with E-state index in [1.165, 1.54) is 51.0 Å². The monoisotopic (exact) mass is 528 g/mol. The van der Waals surface area contributed by atoms with Crippen molar-refractivity contribution in [3.63, 3.8) is 0 Å². The number of unbranched alkanes of at least 4 members (excludes halogenated alkanes) is 10. The second-order valence-corrected chi connectivity index (χ2v) is 10.0. The molecule has 36 heavy (non-hydrogen) atoms. The predicted octanol–water partition coefficient (Wildman–Crippen LogP) is 3.89. The molecule has 0 saturated heterocycles. The average Bonchev–Trinajstić information content (AvgIpc) is 2.84. The van der Waals surface area contributed by atoms with Gasteiger partial charge >= 0.3 is 11.9 Å². The first-order valence-corrected chi connectivity index (χ1v) is 13.5. The normalized spacial score (nSPS) is 21.0. The van der Waals surface area contributed by atoms with E-state index in [4.69, 9.17) is 27.1 Å². The van der Waals surface area contributed by atoms with Crippen LogP contribution < -0.4 is 5.32 Å². The van der Waals surface area contributed by atoms with E-state index >= 15 is 0 Å². The molecule has 0 radical (unpaired) electrons. The molecule has 1 heterocycles. The number of esters is 1. The summed E-state index contributed by atoms with van der Waals surface area (Å²) >= 11 is 5.06. The number of aliphatic hydroxyl groups excluding tert-OH is 2. The highest BCUT2D eigenvalue weighted by Gasteiger charge is 2.43. The van der Waals surface area contributed by atoms with Gasteiger partial charge in [-0.1, -0.05) is 83.3 Å². The highest BCUT2D eigenvalue weighted by atomic mass is 32.1. The summed E-state index contributed by atoms with van der Waals surface area (Å²) in [5.41, 5.74) is 0. The average molecular weight is 529 g/mol. The number of aliphatic hydroxyl groups is 2. The number of carbonyl (C=O) groups excluding carboxylic acids is 1. The Kier molecular flexibility index (Phi) is 16.2. The van der Waals surface area contributed by atoms with Crippen molar-refractivity contribution in [2.45, 2.75) is 115 Å². The fourth-order valence-electron chi connectivity index (χ4n) is 4.23. The van der Waals surface area contributed by atoms with Crippen LogP contribution in [0.2, 0.25) is 0 Å². The van der Waals surface area contributed by atoms with E-state index in [1.807, 2.05) is 0 Å². The van der Waals surface area contributed by atoms with Crippen LogP contribution in [0.1, 0.15) is 90.9 Å². The number of nitrogens with one attached hydrogen (secondary N) is 2. The third kappa shape index (κ3) is 12.3. The maximum atomic E-state index is 12.1. The zero-order chi connectivity index (χ0) is 26.9. The summed E-state index contributed by atoms with van der Waals surface area (Å²) in [5, 5.41) is 40.9. The number of carboxylic acid groups (broad SMARTS) is 1. The van der Waals surface area contributed by atoms with Crippen LogP contribution in [0.5, 0.6) is 0 Å². The van der Waals surface area contributed by atoms with Crippen LogP contribution in [0, 0.1) is 11.3 Å². The van der Waals surface area contributed by atoms with Crippen LogP contribution in [0.4, 0.5) is 0 Å². The van der Waals surface area contributed by atoms with Gasteiger partial charge in [0, 0.05) is 18.6 Å². The van der Waals surface area contributed by atoms with Crippen LogP contribution in [0.15, 0.2) is 11.8 Å². The van der Waals surface area contributed by atoms with Gasteiger partial charge in [0.2, 0.25) is 5.76 Å². The molecule has 5 atom stereocenters. The molecule has 0 saturated carbocycles. The third-order valence-electron chi connectivity index (χ3n) is 6.28. The second kappa shape index (κ2) is 18.2. The predicted molar refractivity (Wildman–Crippen MR) is 142 cm³/mol. The number of carbonyl (C=O) groups is 2. The topological polar surface area (TPSA) is 149 Å². The van der Waals surface area contributed by atoms with Crippen molar-refractivity contribution < 1.29 is 34.4 Å². The molecule has 0 spiro atoms. The van der Waals surface area contributed by atoms with Gasteiger partial charge in [-0.2, -0.15) is 0 Å². The summed E-state index contributed by atoms with van der Waals surface area (Å²) in [4.78, 5) is 23.8. The van der Waals surface area contributed by atoms with E-state index in [9.17, 15) is 24.9 Å². The number of ether oxygens (including phenoxy) is 2. The Bertz CT molecular complexity index is 731. The SMILES string of the molecule is CCCCCCCCCCCCCC(=O)OCC(O)C(O)[C@@H]1OC(C(=O)O)=C[C@H](C=N)C1NC(C)=S. The van der Waals surface area contributed by atoms with Crippen molar-refractivity contribution in [1.29, 1.82) is 5.41 Å². The van der Waals surface area contributed by atoms with Crippen LogP contribution >= 0.6 is 12.2 Å². The summed E-state index contributed by atoms with van der Waals surface area (Å²) in [7, 11) is 0. The molecule has 1 aliphatic rings. The van der Waals surface area contributed by atoms with Gasteiger partial charge in [0.05, 0.1) is 11.0 Å². The second-order valence-electron chi connectivity index (χ2n) is 9.42. The van der Waals surface area contributed by atoms with Crippen LogP contribution in [-0.2, 0) is 19.1 Å². The molecule has 9 nitrogen and oxygen atoms in total. The summed E-state index contributed by atoms with van der Waals surface area (Å²) in [5.74, 6) is -2.99. The number of aliphatic carboxylic acids is 1. The first-order chi connectivity index (χ1) is 17.2. The number of hydrogen-bond donors (Lipinski definition) is 5. The van der Waals surface area contributed by atoms with Gasteiger partial charge in [-0.05, 0) is 19.4 Å². The molecule has 5 N–H and O–H groups in total. The zero-order valence-electron chi connectivity index (χ0n) is 21.6. The molecular weight excluding hydrogens is 484 g/mol. The van der Waals surface area contributed by atoms with Gasteiger partial charge in [0.25, 0.3) is 0 Å². The molecule has 0 aromatic carbocycles. The fraction of sp³-hybridized carbons (Fsp3) is 0.769. The molecule has 206 valence electrons. The summed E-state index contributed by atoms with van der Waals surface area (Å²) < 4.78 is 10.5. The largest absolute Gasteiger partial charge is 0.478 e. The maximum Gasteiger partial charge on any atom is 0.370 e. The Morgan fingerprint density at radius 3 is 2.17 bits per heavy atom. The fourth-order valence-corrected chi connectivity index (χ4v) is 4.36. The number of thiocarbonyl (C=S) groups is 1. The van der Waals surface area contributed by atoms with Gasteiger partial charge < -0.3 is 35.5 Å². The number of hydrogen-bond acceptors (Lipinski definition) is 8. The first kappa shape index (κ1) is 32.0. The zero-order valence-corrected chi connectivity index (χ0v) is 22.4. The van der Waals surface area contributed by atoms with Crippen molar-refractivity contribution in [2.24, 2.45) is 5.92 Å². The molecule has 0 amide bonds. The van der Waals surface area contributed by atoms with Gasteiger partial charge in [-0.3, -0.25) is 4.79 Å². The minimum absolute atomic E-state index is 0.232. The van der Waals surface area contributed by atoms with E-state index in [0.717, 1.165) is 25.5 Å². The summed E-state index contributed by atoms with van der Waals surface area (Å²) in [6.45, 7) is 3.36. The highest BCUT2D eigenvalue weighted by Crippen LogP contribution is 2.26. The van der Waals surface area contributed by atoms with Gasteiger partial charge in [-0.25, -0.2) is 4.79 Å². The Morgan fingerprint density at radius 2 is 1.67 bits per heavy atom. The minimum atomic E-state index is -1.59. The van der Waals surface area contributed by atoms with Crippen molar-refractivity contribution in [2.75, 3.05) is 6.61 Å². The van der Waals surface area contributed by atoms with Crippen molar-refractivity contribution in [1.82, 2.24) is 5.32 Å². The van der Waals surface area contributed by atoms with Crippen molar-refractivity contribution >= 4 is 35.4 Å². The maximum absolute atomic E-state index is 12.1. The smallest absolute Gasteiger partial charge is 0.370 e. The van der Waals surface area contributed by atoms with E-state index in [-0.39, 0.29) is 6.42 Å². The Balaban J connectivity index is 2.39. The van der Waals surface area contributed by atoms with Gasteiger partial charge in [0.15, 0.2) is 0 Å². The number of rotatable bonds is 19. The molecule has 0 aliphatic carbocycles. The molecule has 1 rings (SSSR count). The third-order valence-corrected chi connectivity index (χ3v) is 6.40. The van der Waals surface area contributed by atoms with Crippen LogP contribution in [-0.4, -0.2) is 69.4 Å². The summed E-state index contributed by atoms with van der Waals surface area (Å²) in [6, 6.07) is -0.778. The van der Waals surface area contributed by atoms with E-state index in [0.29, 0.717) is 11.4 Å². The minimum Gasteiger partial charge on any atom is -0.478 e. The summed E-state index contributed by atoms with van der Waals surface area (Å²) in [6.07, 6.45) is 11.0. The van der Waals surface area contributed by atoms with Crippen LogP contribution in [0.25, 0.3) is 0 Å². The quantitative estimate of drug-likeness (QED) is 0.0728. The molecule has 0 bridgehead atoms. The molecular formula is C26H44N2O7S. The first-order valence-electron chi connectivity index (χ1n) is 13.1. The lowest BCUT2D eigenvalue weighted by Crippen LogP contribution is -2.58.